The van der Waals surface area contributed by atoms with E-state index < -0.39 is 90.8 Å². The van der Waals surface area contributed by atoms with Crippen LogP contribution in [0.2, 0.25) is 10.0 Å². The molecule has 8 aromatic carbocycles. The van der Waals surface area contributed by atoms with Crippen molar-refractivity contribution < 1.29 is 75.0 Å². The van der Waals surface area contributed by atoms with Gasteiger partial charge in [-0.25, -0.2) is 12.6 Å². The summed E-state index contributed by atoms with van der Waals surface area (Å²) in [4.78, 5) is 0.672. The summed E-state index contributed by atoms with van der Waals surface area (Å²) in [6, 6.07) is 42.9. The van der Waals surface area contributed by atoms with Crippen molar-refractivity contribution in [2.75, 3.05) is 0 Å². The standard InChI is InChI=1S/C17H13ClO4S2.C16H11ClO4S2.C14H8F6O4S2/c1-12-6-11-17(16-5-3-2-4-15(12)16)23(19)22-24(20)21-14-9-7-13(18)8-10-14;17-14-9-3-4-10-15(14)20-23(19)21-22(18)16-11-5-7-12-6-1-2-8-13(12)16;15-13(16,17)9-1-5-11(6-2-9)23-26(22)24-25(21)12-7-3-10(4-8-12)14(18,19)20/h2-11H,1H3;1-11H;1-8H. The molecule has 0 aliphatic carbocycles. The summed E-state index contributed by atoms with van der Waals surface area (Å²) in [5.74, 6) is 0.256. The van der Waals surface area contributed by atoms with Gasteiger partial charge in [-0.2, -0.15) is 49.9 Å². The van der Waals surface area contributed by atoms with Gasteiger partial charge in [-0.05, 0) is 120 Å². The third-order valence-corrected chi connectivity index (χ3v) is 15.7. The Kier molecular flexibility index (Phi) is 20.4. The van der Waals surface area contributed by atoms with E-state index in [1.54, 1.807) is 66.7 Å². The Morgan fingerprint density at radius 1 is 0.411 bits per heavy atom. The van der Waals surface area contributed by atoms with Gasteiger partial charge in [0.25, 0.3) is 0 Å². The van der Waals surface area contributed by atoms with E-state index in [2.05, 4.69) is 7.81 Å². The molecule has 6 unspecified atom stereocenters. The maximum atomic E-state index is 12.4. The first-order valence-electron chi connectivity index (χ1n) is 20.1. The molecule has 0 saturated heterocycles. The Bertz CT molecular complexity index is 3330. The van der Waals surface area contributed by atoms with Crippen molar-refractivity contribution in [2.24, 2.45) is 0 Å². The van der Waals surface area contributed by atoms with Crippen molar-refractivity contribution in [3.63, 3.8) is 0 Å². The zero-order chi connectivity index (χ0) is 52.9. The third kappa shape index (κ3) is 16.8. The quantitative estimate of drug-likeness (QED) is 0.0896. The first-order valence-corrected chi connectivity index (χ1v) is 27.1. The number of rotatable bonds is 15. The van der Waals surface area contributed by atoms with Gasteiger partial charge in [-0.1, -0.05) is 102 Å². The van der Waals surface area contributed by atoms with Crippen molar-refractivity contribution in [3.05, 3.63) is 203 Å². The average molecular weight is 1170 g/mol. The lowest BCUT2D eigenvalue weighted by atomic mass is 10.1. The summed E-state index contributed by atoms with van der Waals surface area (Å²) in [5, 5.41) is 4.27. The van der Waals surface area contributed by atoms with Crippen LogP contribution in [0.25, 0.3) is 21.5 Å². The SMILES string of the molecule is Cc1ccc(S(=O)OS(=O)Oc2ccc(Cl)cc2)c2ccccc12.O=S(Oc1ccc(C(F)(F)F)cc1)OS(=O)c1ccc(C(F)(F)F)cc1.O=S(Oc1ccccc1Cl)OS(=O)c1cccc2ccccc12. The Labute approximate surface area is 438 Å². The molecule has 0 aliphatic rings. The molecule has 26 heteroatoms. The third-order valence-electron chi connectivity index (χ3n) is 9.26. The average Bonchev–Trinajstić information content (AvgIpc) is 3.35. The second kappa shape index (κ2) is 26.2. The van der Waals surface area contributed by atoms with E-state index in [0.717, 1.165) is 51.4 Å². The lowest BCUT2D eigenvalue weighted by molar-refractivity contribution is -0.138. The van der Waals surface area contributed by atoms with E-state index in [0.29, 0.717) is 49.9 Å². The lowest BCUT2D eigenvalue weighted by Crippen LogP contribution is -2.09. The molecular weight excluding hydrogens is 1130 g/mol. The number of para-hydroxylation sites is 1. The van der Waals surface area contributed by atoms with Gasteiger partial charge in [0, 0.05) is 15.8 Å². The number of hydrogen-bond acceptors (Lipinski definition) is 12. The van der Waals surface area contributed by atoms with Crippen molar-refractivity contribution in [3.8, 4) is 17.2 Å². The second-order valence-corrected chi connectivity index (χ2v) is 21.1. The summed E-state index contributed by atoms with van der Waals surface area (Å²) in [6.07, 6.45) is -9.13. The highest BCUT2D eigenvalue weighted by molar-refractivity contribution is 7.92. The summed E-state index contributed by atoms with van der Waals surface area (Å²) in [6.45, 7) is 1.97. The molecule has 0 bridgehead atoms. The summed E-state index contributed by atoms with van der Waals surface area (Å²) in [5.41, 5.74) is -0.866. The van der Waals surface area contributed by atoms with Gasteiger partial charge in [0.2, 0.25) is 33.2 Å². The molecule has 0 aliphatic heterocycles. The van der Waals surface area contributed by atoms with Crippen molar-refractivity contribution in [1.29, 1.82) is 0 Å². The van der Waals surface area contributed by atoms with Crippen LogP contribution in [-0.2, 0) is 90.6 Å². The molecular formula is C47H32Cl2F6O12S6. The van der Waals surface area contributed by atoms with Gasteiger partial charge in [-0.3, -0.25) is 0 Å². The van der Waals surface area contributed by atoms with Gasteiger partial charge in [-0.15, -0.1) is 0 Å². The Morgan fingerprint density at radius 2 is 0.849 bits per heavy atom. The van der Waals surface area contributed by atoms with E-state index >= 15 is 0 Å². The minimum absolute atomic E-state index is 0.197. The predicted molar refractivity (Wildman–Crippen MR) is 267 cm³/mol. The van der Waals surface area contributed by atoms with Crippen LogP contribution in [0.1, 0.15) is 16.7 Å². The van der Waals surface area contributed by atoms with Gasteiger partial charge in [0.05, 0.1) is 30.8 Å². The fraction of sp³-hybridized carbons (Fsp3) is 0.0638. The molecule has 0 N–H and O–H groups in total. The highest BCUT2D eigenvalue weighted by Crippen LogP contribution is 2.32. The number of hydrogen-bond donors (Lipinski definition) is 0. The van der Waals surface area contributed by atoms with Gasteiger partial charge in [0.1, 0.15) is 11.5 Å². The zero-order valence-electron chi connectivity index (χ0n) is 36.6. The fourth-order valence-corrected chi connectivity index (χ4v) is 11.0. The van der Waals surface area contributed by atoms with E-state index in [-0.39, 0.29) is 16.4 Å². The van der Waals surface area contributed by atoms with E-state index in [1.165, 1.54) is 0 Å². The van der Waals surface area contributed by atoms with Crippen molar-refractivity contribution in [2.45, 2.75) is 34.0 Å². The first-order chi connectivity index (χ1) is 34.7. The minimum atomic E-state index is -4.57. The monoisotopic (exact) mass is 1160 g/mol. The summed E-state index contributed by atoms with van der Waals surface area (Å²) < 4.78 is 176. The molecule has 0 spiro atoms. The maximum Gasteiger partial charge on any atom is 0.416 e. The fourth-order valence-electron chi connectivity index (χ4n) is 5.90. The van der Waals surface area contributed by atoms with Gasteiger partial charge < -0.3 is 12.5 Å². The predicted octanol–water partition coefficient (Wildman–Crippen LogP) is 13.1. The molecule has 0 aromatic heterocycles. The van der Waals surface area contributed by atoms with E-state index in [1.807, 2.05) is 67.6 Å². The van der Waals surface area contributed by atoms with E-state index in [4.69, 9.17) is 38.8 Å². The molecule has 12 nitrogen and oxygen atoms in total. The lowest BCUT2D eigenvalue weighted by Gasteiger charge is -2.08. The normalized spacial score (nSPS) is 14.0. The van der Waals surface area contributed by atoms with Gasteiger partial charge >= 0.3 is 46.4 Å². The van der Waals surface area contributed by atoms with Crippen LogP contribution >= 0.6 is 23.2 Å². The molecule has 0 radical (unpaired) electrons. The van der Waals surface area contributed by atoms with Crippen LogP contribution in [0.5, 0.6) is 17.2 Å². The number of aryl methyl sites for hydroxylation is 1. The van der Waals surface area contributed by atoms with E-state index in [9.17, 15) is 51.6 Å². The Balaban J connectivity index is 0.000000179. The molecule has 8 aromatic rings. The number of fused-ring (bicyclic) bond motifs is 2. The maximum absolute atomic E-state index is 12.4. The number of benzene rings is 8. The highest BCUT2D eigenvalue weighted by atomic mass is 35.5. The van der Waals surface area contributed by atoms with Crippen molar-refractivity contribution >= 4 is 112 Å². The molecule has 0 amide bonds. The minimum Gasteiger partial charge on any atom is -0.379 e. The van der Waals surface area contributed by atoms with Crippen LogP contribution in [0.15, 0.2) is 191 Å². The smallest absolute Gasteiger partial charge is 0.379 e. The van der Waals surface area contributed by atoms with Gasteiger partial charge in [0.15, 0.2) is 5.75 Å². The van der Waals surface area contributed by atoms with Crippen LogP contribution in [0, 0.1) is 6.92 Å². The Morgan fingerprint density at radius 3 is 1.41 bits per heavy atom. The van der Waals surface area contributed by atoms with Crippen LogP contribution < -0.4 is 12.5 Å². The topological polar surface area (TPSA) is 158 Å². The molecule has 0 fully saturated rings. The van der Waals surface area contributed by atoms with Crippen molar-refractivity contribution in [1.82, 2.24) is 0 Å². The molecule has 0 saturated carbocycles. The number of alkyl halides is 6. The largest absolute Gasteiger partial charge is 0.416 e. The highest BCUT2D eigenvalue weighted by Gasteiger charge is 2.31. The van der Waals surface area contributed by atoms with Crippen LogP contribution in [0.3, 0.4) is 0 Å². The molecule has 8 rings (SSSR count). The summed E-state index contributed by atoms with van der Waals surface area (Å²) in [7, 11) is 0. The second-order valence-electron chi connectivity index (χ2n) is 14.1. The van der Waals surface area contributed by atoms with Crippen LogP contribution in [-0.4, -0.2) is 25.3 Å². The molecule has 384 valence electrons. The Hall–Kier alpha value is -5.38. The van der Waals surface area contributed by atoms with Crippen LogP contribution in [0.4, 0.5) is 26.3 Å². The summed E-state index contributed by atoms with van der Waals surface area (Å²) >= 11 is -1.69. The number of halogens is 8. The molecule has 6 atom stereocenters. The molecule has 73 heavy (non-hydrogen) atoms. The molecule has 0 heterocycles. The zero-order valence-corrected chi connectivity index (χ0v) is 43.0. The first kappa shape index (κ1) is 56.9.